The molecule has 0 aliphatic heterocycles. The third-order valence-corrected chi connectivity index (χ3v) is 2.02. The predicted molar refractivity (Wildman–Crippen MR) is 52.0 cm³/mol. The SMILES string of the molecule is CC(C)(C)CC[C@H](N)c1cn[nH]n1. The first-order chi connectivity index (χ1) is 5.99. The van der Waals surface area contributed by atoms with Crippen molar-refractivity contribution in [3.8, 4) is 0 Å². The van der Waals surface area contributed by atoms with Crippen LogP contribution >= 0.6 is 0 Å². The van der Waals surface area contributed by atoms with Gasteiger partial charge in [0, 0.05) is 0 Å². The third kappa shape index (κ3) is 3.55. The molecule has 1 aromatic rings. The summed E-state index contributed by atoms with van der Waals surface area (Å²) in [6, 6.07) is 0.0120. The van der Waals surface area contributed by atoms with Crippen molar-refractivity contribution in [2.24, 2.45) is 11.1 Å². The Morgan fingerprint density at radius 3 is 2.69 bits per heavy atom. The van der Waals surface area contributed by atoms with Crippen LogP contribution in [-0.2, 0) is 0 Å². The van der Waals surface area contributed by atoms with Gasteiger partial charge in [-0.2, -0.15) is 15.4 Å². The van der Waals surface area contributed by atoms with Gasteiger partial charge in [0.15, 0.2) is 0 Å². The average molecular weight is 182 g/mol. The summed E-state index contributed by atoms with van der Waals surface area (Å²) in [4.78, 5) is 0. The highest BCUT2D eigenvalue weighted by Crippen LogP contribution is 2.24. The normalized spacial score (nSPS) is 14.5. The summed E-state index contributed by atoms with van der Waals surface area (Å²) in [7, 11) is 0. The van der Waals surface area contributed by atoms with Gasteiger partial charge < -0.3 is 5.73 Å². The minimum absolute atomic E-state index is 0.0120. The Morgan fingerprint density at radius 1 is 1.54 bits per heavy atom. The third-order valence-electron chi connectivity index (χ3n) is 2.02. The summed E-state index contributed by atoms with van der Waals surface area (Å²) in [5.74, 6) is 0. The number of rotatable bonds is 3. The first-order valence-corrected chi connectivity index (χ1v) is 4.60. The van der Waals surface area contributed by atoms with Crippen molar-refractivity contribution in [1.82, 2.24) is 15.4 Å². The van der Waals surface area contributed by atoms with E-state index in [1.807, 2.05) is 0 Å². The van der Waals surface area contributed by atoms with Crippen LogP contribution < -0.4 is 5.73 Å². The highest BCUT2D eigenvalue weighted by atomic mass is 15.3. The van der Waals surface area contributed by atoms with Crippen LogP contribution in [0.15, 0.2) is 6.20 Å². The van der Waals surface area contributed by atoms with Crippen molar-refractivity contribution < 1.29 is 0 Å². The van der Waals surface area contributed by atoms with E-state index in [4.69, 9.17) is 5.73 Å². The molecule has 3 N–H and O–H groups in total. The number of hydrogen-bond donors (Lipinski definition) is 2. The standard InChI is InChI=1S/C9H18N4/c1-9(2,3)5-4-7(10)8-6-11-13-12-8/h6-7H,4-5,10H2,1-3H3,(H,11,12,13)/t7-/m0/s1. The van der Waals surface area contributed by atoms with Crippen molar-refractivity contribution in [3.63, 3.8) is 0 Å². The van der Waals surface area contributed by atoms with E-state index in [-0.39, 0.29) is 6.04 Å². The molecule has 1 heterocycles. The lowest BCUT2D eigenvalue weighted by atomic mass is 9.88. The molecule has 74 valence electrons. The maximum absolute atomic E-state index is 5.92. The predicted octanol–water partition coefficient (Wildman–Crippen LogP) is 1.63. The van der Waals surface area contributed by atoms with E-state index in [1.54, 1.807) is 6.20 Å². The summed E-state index contributed by atoms with van der Waals surface area (Å²) < 4.78 is 0. The Labute approximate surface area is 78.9 Å². The van der Waals surface area contributed by atoms with Crippen molar-refractivity contribution in [2.75, 3.05) is 0 Å². The summed E-state index contributed by atoms with van der Waals surface area (Å²) >= 11 is 0. The van der Waals surface area contributed by atoms with Crippen LogP contribution in [0.25, 0.3) is 0 Å². The first kappa shape index (κ1) is 10.2. The monoisotopic (exact) mass is 182 g/mol. The highest BCUT2D eigenvalue weighted by Gasteiger charge is 2.15. The molecule has 0 aromatic carbocycles. The van der Waals surface area contributed by atoms with Gasteiger partial charge in [0.2, 0.25) is 0 Å². The quantitative estimate of drug-likeness (QED) is 0.746. The fourth-order valence-corrected chi connectivity index (χ4v) is 1.13. The summed E-state index contributed by atoms with van der Waals surface area (Å²) in [5, 5.41) is 10.3. The van der Waals surface area contributed by atoms with E-state index >= 15 is 0 Å². The molecule has 0 saturated carbocycles. The van der Waals surface area contributed by atoms with Gasteiger partial charge in [0.05, 0.1) is 17.9 Å². The number of aromatic amines is 1. The van der Waals surface area contributed by atoms with E-state index in [2.05, 4.69) is 36.2 Å². The molecule has 4 heteroatoms. The molecule has 0 saturated heterocycles. The number of aromatic nitrogens is 3. The number of nitrogens with zero attached hydrogens (tertiary/aromatic N) is 2. The van der Waals surface area contributed by atoms with Gasteiger partial charge in [-0.1, -0.05) is 20.8 Å². The van der Waals surface area contributed by atoms with Gasteiger partial charge in [-0.25, -0.2) is 0 Å². The number of hydrogen-bond acceptors (Lipinski definition) is 3. The molecule has 1 atom stereocenters. The van der Waals surface area contributed by atoms with Crippen LogP contribution in [0.3, 0.4) is 0 Å². The Balaban J connectivity index is 2.39. The van der Waals surface area contributed by atoms with E-state index in [1.165, 1.54) is 0 Å². The minimum Gasteiger partial charge on any atom is -0.323 e. The molecule has 1 rings (SSSR count). The van der Waals surface area contributed by atoms with Crippen LogP contribution in [0.5, 0.6) is 0 Å². The maximum Gasteiger partial charge on any atom is 0.0991 e. The molecule has 0 spiro atoms. The van der Waals surface area contributed by atoms with Crippen molar-refractivity contribution in [1.29, 1.82) is 0 Å². The molecule has 0 amide bonds. The van der Waals surface area contributed by atoms with E-state index in [9.17, 15) is 0 Å². The van der Waals surface area contributed by atoms with E-state index in [0.29, 0.717) is 5.41 Å². The van der Waals surface area contributed by atoms with Gasteiger partial charge in [0.25, 0.3) is 0 Å². The molecule has 0 aliphatic carbocycles. The molecule has 4 nitrogen and oxygen atoms in total. The molecular formula is C9H18N4. The Bertz CT molecular complexity index is 235. The molecule has 0 fully saturated rings. The molecular weight excluding hydrogens is 164 g/mol. The number of nitrogens with one attached hydrogen (secondary N) is 1. The van der Waals surface area contributed by atoms with Gasteiger partial charge in [0.1, 0.15) is 0 Å². The largest absolute Gasteiger partial charge is 0.323 e. The van der Waals surface area contributed by atoms with Crippen LogP contribution in [-0.4, -0.2) is 15.4 Å². The lowest BCUT2D eigenvalue weighted by Gasteiger charge is -2.19. The highest BCUT2D eigenvalue weighted by molar-refractivity contribution is 4.98. The van der Waals surface area contributed by atoms with Crippen LogP contribution in [0.2, 0.25) is 0 Å². The second kappa shape index (κ2) is 3.87. The van der Waals surface area contributed by atoms with Gasteiger partial charge in [-0.3, -0.25) is 0 Å². The topological polar surface area (TPSA) is 67.6 Å². The number of H-pyrrole nitrogens is 1. The average Bonchev–Trinajstić information content (AvgIpc) is 2.50. The minimum atomic E-state index is 0.0120. The molecule has 0 bridgehead atoms. The Morgan fingerprint density at radius 2 is 2.23 bits per heavy atom. The number of nitrogens with two attached hydrogens (primary N) is 1. The van der Waals surface area contributed by atoms with Gasteiger partial charge in [-0.15, -0.1) is 0 Å². The van der Waals surface area contributed by atoms with Crippen LogP contribution in [0.1, 0.15) is 45.3 Å². The lowest BCUT2D eigenvalue weighted by Crippen LogP contribution is -2.15. The summed E-state index contributed by atoms with van der Waals surface area (Å²) in [5.41, 5.74) is 7.11. The van der Waals surface area contributed by atoms with Crippen LogP contribution in [0.4, 0.5) is 0 Å². The second-order valence-electron chi connectivity index (χ2n) is 4.60. The zero-order chi connectivity index (χ0) is 9.90. The van der Waals surface area contributed by atoms with E-state index < -0.39 is 0 Å². The molecule has 1 aromatic heterocycles. The zero-order valence-electron chi connectivity index (χ0n) is 8.54. The Hall–Kier alpha value is -0.900. The van der Waals surface area contributed by atoms with Crippen LogP contribution in [0, 0.1) is 5.41 Å². The molecule has 0 radical (unpaired) electrons. The van der Waals surface area contributed by atoms with Crippen molar-refractivity contribution >= 4 is 0 Å². The van der Waals surface area contributed by atoms with Crippen molar-refractivity contribution in [2.45, 2.75) is 39.7 Å². The zero-order valence-corrected chi connectivity index (χ0v) is 8.54. The van der Waals surface area contributed by atoms with E-state index in [0.717, 1.165) is 18.5 Å². The molecule has 0 unspecified atom stereocenters. The fraction of sp³-hybridized carbons (Fsp3) is 0.778. The van der Waals surface area contributed by atoms with Crippen molar-refractivity contribution in [3.05, 3.63) is 11.9 Å². The first-order valence-electron chi connectivity index (χ1n) is 4.60. The smallest absolute Gasteiger partial charge is 0.0991 e. The fourth-order valence-electron chi connectivity index (χ4n) is 1.13. The second-order valence-corrected chi connectivity index (χ2v) is 4.60. The maximum atomic E-state index is 5.92. The van der Waals surface area contributed by atoms with Gasteiger partial charge >= 0.3 is 0 Å². The van der Waals surface area contributed by atoms with Gasteiger partial charge in [-0.05, 0) is 18.3 Å². The Kier molecular flexibility index (Phi) is 3.03. The summed E-state index contributed by atoms with van der Waals surface area (Å²) in [6.07, 6.45) is 3.74. The molecule has 13 heavy (non-hydrogen) atoms. The molecule has 0 aliphatic rings. The lowest BCUT2D eigenvalue weighted by molar-refractivity contribution is 0.348. The summed E-state index contributed by atoms with van der Waals surface area (Å²) in [6.45, 7) is 6.63.